The Bertz CT molecular complexity index is 715. The van der Waals surface area contributed by atoms with E-state index >= 15 is 0 Å². The molecule has 0 bridgehead atoms. The van der Waals surface area contributed by atoms with Gasteiger partial charge in [0.05, 0.1) is 4.92 Å². The lowest BCUT2D eigenvalue weighted by atomic mass is 10.2. The lowest BCUT2D eigenvalue weighted by Crippen LogP contribution is -2.17. The van der Waals surface area contributed by atoms with E-state index in [4.69, 9.17) is 15.7 Å². The Hall–Kier alpha value is -3.16. The van der Waals surface area contributed by atoms with Crippen molar-refractivity contribution in [3.63, 3.8) is 0 Å². The summed E-state index contributed by atoms with van der Waals surface area (Å²) in [6, 6.07) is 9.74. The second-order valence-electron chi connectivity index (χ2n) is 4.18. The maximum absolute atomic E-state index is 10.9. The molecule has 1 aromatic heterocycles. The van der Waals surface area contributed by atoms with Crippen LogP contribution in [0, 0.1) is 17.0 Å². The number of nitrogens with zero attached hydrogens (tertiary/aromatic N) is 3. The van der Waals surface area contributed by atoms with E-state index in [2.05, 4.69) is 10.1 Å². The number of amidine groups is 1. The second-order valence-corrected chi connectivity index (χ2v) is 4.18. The molecule has 3 N–H and O–H groups in total. The van der Waals surface area contributed by atoms with Crippen molar-refractivity contribution in [1.29, 1.82) is 0 Å². The van der Waals surface area contributed by atoms with Crippen molar-refractivity contribution in [2.75, 3.05) is 0 Å². The predicted octanol–water partition coefficient (Wildman–Crippen LogP) is 2.19. The fraction of sp³-hybridized carbons (Fsp3) is 0.0769. The number of ether oxygens (including phenoxy) is 1. The van der Waals surface area contributed by atoms with E-state index in [9.17, 15) is 10.1 Å². The number of rotatable bonds is 4. The van der Waals surface area contributed by atoms with Gasteiger partial charge in [0.25, 0.3) is 5.69 Å². The molecule has 0 spiro atoms. The Morgan fingerprint density at radius 2 is 2.19 bits per heavy atom. The number of oxime groups is 1. The molecule has 108 valence electrons. The number of aromatic nitrogens is 1. The highest BCUT2D eigenvalue weighted by Crippen LogP contribution is 2.24. The van der Waals surface area contributed by atoms with Gasteiger partial charge in [-0.05, 0) is 24.6 Å². The van der Waals surface area contributed by atoms with E-state index in [1.165, 1.54) is 12.1 Å². The molecule has 0 fully saturated rings. The molecule has 0 amide bonds. The number of pyridine rings is 1. The van der Waals surface area contributed by atoms with Crippen LogP contribution in [-0.4, -0.2) is 21.0 Å². The van der Waals surface area contributed by atoms with Crippen LogP contribution in [0.5, 0.6) is 11.6 Å². The molecule has 0 saturated carbocycles. The molecule has 21 heavy (non-hydrogen) atoms. The average molecular weight is 288 g/mol. The van der Waals surface area contributed by atoms with Gasteiger partial charge >= 0.3 is 0 Å². The van der Waals surface area contributed by atoms with Gasteiger partial charge in [-0.2, -0.15) is 0 Å². The van der Waals surface area contributed by atoms with Crippen LogP contribution in [0.2, 0.25) is 0 Å². The van der Waals surface area contributed by atoms with Gasteiger partial charge in [-0.3, -0.25) is 10.1 Å². The molecule has 0 aliphatic rings. The first kappa shape index (κ1) is 14.3. The van der Waals surface area contributed by atoms with Crippen LogP contribution in [0.15, 0.2) is 41.6 Å². The number of hydrogen-bond donors (Lipinski definition) is 2. The number of nitrogens with two attached hydrogens (primary N) is 1. The second kappa shape index (κ2) is 5.87. The van der Waals surface area contributed by atoms with Crippen LogP contribution in [0.25, 0.3) is 0 Å². The summed E-state index contributed by atoms with van der Waals surface area (Å²) in [5.74, 6) is 0.172. The van der Waals surface area contributed by atoms with Gasteiger partial charge in [0.1, 0.15) is 5.75 Å². The fourth-order valence-corrected chi connectivity index (χ4v) is 1.67. The Balaban J connectivity index is 2.40. The standard InChI is InChI=1S/C13H12N4O4/c1-8-3-2-4-9(7-8)21-11-6-5-10(17(19)20)12(15-11)13(14)16-18/h2-7,18H,1H3,(H2,14,16). The SMILES string of the molecule is Cc1cccc(Oc2ccc([N+](=O)[O-])c(/C(N)=N/O)n2)c1. The zero-order valence-corrected chi connectivity index (χ0v) is 11.1. The minimum absolute atomic E-state index is 0.104. The van der Waals surface area contributed by atoms with Crippen LogP contribution < -0.4 is 10.5 Å². The predicted molar refractivity (Wildman–Crippen MR) is 74.7 cm³/mol. The van der Waals surface area contributed by atoms with Gasteiger partial charge in [-0.25, -0.2) is 4.98 Å². The van der Waals surface area contributed by atoms with Crippen molar-refractivity contribution in [2.24, 2.45) is 10.9 Å². The van der Waals surface area contributed by atoms with Crippen molar-refractivity contribution in [3.05, 3.63) is 57.8 Å². The van der Waals surface area contributed by atoms with Gasteiger partial charge < -0.3 is 15.7 Å². The smallest absolute Gasteiger partial charge is 0.299 e. The van der Waals surface area contributed by atoms with Crippen molar-refractivity contribution >= 4 is 11.5 Å². The maximum atomic E-state index is 10.9. The van der Waals surface area contributed by atoms with Crippen molar-refractivity contribution in [1.82, 2.24) is 4.98 Å². The van der Waals surface area contributed by atoms with Crippen molar-refractivity contribution < 1.29 is 14.9 Å². The van der Waals surface area contributed by atoms with E-state index in [0.717, 1.165) is 5.56 Å². The molecule has 0 unspecified atom stereocenters. The van der Waals surface area contributed by atoms with Crippen LogP contribution in [0.3, 0.4) is 0 Å². The maximum Gasteiger partial charge on any atom is 0.299 e. The van der Waals surface area contributed by atoms with Gasteiger partial charge in [0.2, 0.25) is 5.88 Å². The first-order valence-electron chi connectivity index (χ1n) is 5.89. The molecule has 8 heteroatoms. The lowest BCUT2D eigenvalue weighted by molar-refractivity contribution is -0.385. The first-order valence-corrected chi connectivity index (χ1v) is 5.89. The van der Waals surface area contributed by atoms with Gasteiger partial charge in [-0.1, -0.05) is 17.3 Å². The van der Waals surface area contributed by atoms with E-state index < -0.39 is 10.8 Å². The van der Waals surface area contributed by atoms with Gasteiger partial charge in [-0.15, -0.1) is 0 Å². The normalized spacial score (nSPS) is 11.2. The summed E-state index contributed by atoms with van der Waals surface area (Å²) in [6.45, 7) is 1.90. The van der Waals surface area contributed by atoms with E-state index in [1.54, 1.807) is 18.2 Å². The van der Waals surface area contributed by atoms with E-state index in [1.807, 2.05) is 13.0 Å². The third kappa shape index (κ3) is 3.24. The average Bonchev–Trinajstić information content (AvgIpc) is 2.46. The highest BCUT2D eigenvalue weighted by atomic mass is 16.6. The molecule has 0 atom stereocenters. The van der Waals surface area contributed by atoms with Crippen LogP contribution in [0.4, 0.5) is 5.69 Å². The third-order valence-electron chi connectivity index (χ3n) is 2.61. The van der Waals surface area contributed by atoms with Crippen LogP contribution >= 0.6 is 0 Å². The van der Waals surface area contributed by atoms with Gasteiger partial charge in [0, 0.05) is 12.1 Å². The Morgan fingerprint density at radius 3 is 2.81 bits per heavy atom. The number of hydrogen-bond acceptors (Lipinski definition) is 6. The molecular formula is C13H12N4O4. The molecular weight excluding hydrogens is 276 g/mol. The minimum atomic E-state index is -0.670. The summed E-state index contributed by atoms with van der Waals surface area (Å²) in [5, 5.41) is 22.3. The fourth-order valence-electron chi connectivity index (χ4n) is 1.67. The number of aryl methyl sites for hydroxylation is 1. The Kier molecular flexibility index (Phi) is 3.98. The quantitative estimate of drug-likeness (QED) is 0.292. The van der Waals surface area contributed by atoms with Crippen molar-refractivity contribution in [2.45, 2.75) is 6.92 Å². The molecule has 1 aromatic carbocycles. The third-order valence-corrected chi connectivity index (χ3v) is 2.61. The van der Waals surface area contributed by atoms with Crippen molar-refractivity contribution in [3.8, 4) is 11.6 Å². The summed E-state index contributed by atoms with van der Waals surface area (Å²) in [6.07, 6.45) is 0. The largest absolute Gasteiger partial charge is 0.439 e. The molecule has 8 nitrogen and oxygen atoms in total. The Labute approximate surface area is 119 Å². The molecule has 1 heterocycles. The topological polar surface area (TPSA) is 124 Å². The zero-order chi connectivity index (χ0) is 15.4. The summed E-state index contributed by atoms with van der Waals surface area (Å²) in [4.78, 5) is 14.1. The monoisotopic (exact) mass is 288 g/mol. The molecule has 0 aliphatic heterocycles. The molecule has 2 rings (SSSR count). The first-order chi connectivity index (χ1) is 10.0. The summed E-state index contributed by atoms with van der Waals surface area (Å²) >= 11 is 0. The molecule has 0 radical (unpaired) electrons. The number of benzene rings is 1. The highest BCUT2D eigenvalue weighted by Gasteiger charge is 2.20. The van der Waals surface area contributed by atoms with E-state index in [-0.39, 0.29) is 17.3 Å². The van der Waals surface area contributed by atoms with Crippen LogP contribution in [0.1, 0.15) is 11.3 Å². The summed E-state index contributed by atoms with van der Waals surface area (Å²) < 4.78 is 5.50. The van der Waals surface area contributed by atoms with E-state index in [0.29, 0.717) is 5.75 Å². The van der Waals surface area contributed by atoms with Gasteiger partial charge in [0.15, 0.2) is 11.5 Å². The molecule has 0 aliphatic carbocycles. The molecule has 0 saturated heterocycles. The summed E-state index contributed by atoms with van der Waals surface area (Å²) in [5.41, 5.74) is 5.76. The summed E-state index contributed by atoms with van der Waals surface area (Å²) in [7, 11) is 0. The minimum Gasteiger partial charge on any atom is -0.439 e. The molecule has 2 aromatic rings. The highest BCUT2D eigenvalue weighted by molar-refractivity contribution is 5.98. The van der Waals surface area contributed by atoms with Crippen LogP contribution in [-0.2, 0) is 0 Å². The lowest BCUT2D eigenvalue weighted by Gasteiger charge is -2.07. The Morgan fingerprint density at radius 1 is 1.43 bits per heavy atom. The number of nitro groups is 1. The zero-order valence-electron chi connectivity index (χ0n) is 11.1.